The summed E-state index contributed by atoms with van der Waals surface area (Å²) in [5.41, 5.74) is -0.764. The van der Waals surface area contributed by atoms with Gasteiger partial charge in [0.15, 0.2) is 0 Å². The molecule has 0 aliphatic heterocycles. The lowest BCUT2D eigenvalue weighted by Gasteiger charge is -2.10. The highest BCUT2D eigenvalue weighted by Crippen LogP contribution is 2.31. The first kappa shape index (κ1) is 28.9. The summed E-state index contributed by atoms with van der Waals surface area (Å²) in [5.74, 6) is -30.0. The third-order valence-electron chi connectivity index (χ3n) is 5.14. The number of hydrogen-bond donors (Lipinski definition) is 0. The summed E-state index contributed by atoms with van der Waals surface area (Å²) in [4.78, 5) is 24.3. The number of rotatable bonds is 6. The van der Waals surface area contributed by atoms with E-state index in [1.54, 1.807) is 0 Å². The van der Waals surface area contributed by atoms with Gasteiger partial charge in [-0.1, -0.05) is 0 Å². The number of carbonyl (C=O) groups excluding carboxylic acids is 2. The van der Waals surface area contributed by atoms with E-state index >= 15 is 0 Å². The Morgan fingerprint density at radius 3 is 0.902 bits per heavy atom. The molecule has 0 atom stereocenters. The van der Waals surface area contributed by atoms with E-state index in [1.165, 1.54) is 0 Å². The fourth-order valence-electron chi connectivity index (χ4n) is 3.11. The fourth-order valence-corrected chi connectivity index (χ4v) is 3.11. The summed E-state index contributed by atoms with van der Waals surface area (Å²) in [5, 5.41) is 0. The van der Waals surface area contributed by atoms with Crippen molar-refractivity contribution in [3.8, 4) is 23.0 Å². The summed E-state index contributed by atoms with van der Waals surface area (Å²) in [6.45, 7) is 0. The Morgan fingerprint density at radius 2 is 0.634 bits per heavy atom. The molecule has 0 saturated heterocycles. The second kappa shape index (κ2) is 11.2. The van der Waals surface area contributed by atoms with E-state index in [1.807, 2.05) is 0 Å². The third-order valence-corrected chi connectivity index (χ3v) is 5.14. The van der Waals surface area contributed by atoms with E-state index in [0.717, 1.165) is 48.5 Å². The van der Waals surface area contributed by atoms with Gasteiger partial charge in [0, 0.05) is 0 Å². The standard InChI is InChI=1S/C26H8F10O5/c27-13-15(29)19(33)23(20(34)16(13)30)40-25(37)9-1-5-11(6-2-9)39-12-7-3-10(4-8-12)26(38)41-24-21(35)17(31)14(28)18(32)22(24)36/h1-8H. The molecule has 0 saturated carbocycles. The van der Waals surface area contributed by atoms with Crippen LogP contribution in [0.3, 0.4) is 0 Å². The normalized spacial score (nSPS) is 10.9. The molecule has 4 aromatic rings. The largest absolute Gasteiger partial charge is 0.457 e. The number of hydrogen-bond acceptors (Lipinski definition) is 5. The van der Waals surface area contributed by atoms with Crippen molar-refractivity contribution < 1.29 is 67.7 Å². The van der Waals surface area contributed by atoms with E-state index in [0.29, 0.717) is 0 Å². The molecule has 0 heterocycles. The van der Waals surface area contributed by atoms with Gasteiger partial charge in [-0.15, -0.1) is 0 Å². The zero-order valence-corrected chi connectivity index (χ0v) is 19.4. The van der Waals surface area contributed by atoms with Gasteiger partial charge in [0.05, 0.1) is 11.1 Å². The topological polar surface area (TPSA) is 61.8 Å². The number of carbonyl (C=O) groups is 2. The van der Waals surface area contributed by atoms with E-state index in [2.05, 4.69) is 9.47 Å². The summed E-state index contributed by atoms with van der Waals surface area (Å²) >= 11 is 0. The minimum Gasteiger partial charge on any atom is -0.457 e. The molecule has 0 amide bonds. The Labute approximate surface area is 221 Å². The van der Waals surface area contributed by atoms with Gasteiger partial charge < -0.3 is 14.2 Å². The van der Waals surface area contributed by atoms with Crippen LogP contribution in [0, 0.1) is 58.2 Å². The Morgan fingerprint density at radius 1 is 0.390 bits per heavy atom. The molecule has 212 valence electrons. The van der Waals surface area contributed by atoms with Crippen molar-refractivity contribution in [2.75, 3.05) is 0 Å². The van der Waals surface area contributed by atoms with Crippen LogP contribution in [0.25, 0.3) is 0 Å². The molecule has 0 aliphatic rings. The minimum atomic E-state index is -2.44. The van der Waals surface area contributed by atoms with Crippen LogP contribution in [0.15, 0.2) is 48.5 Å². The van der Waals surface area contributed by atoms with Gasteiger partial charge in [0.2, 0.25) is 69.7 Å². The summed E-state index contributed by atoms with van der Waals surface area (Å²) in [7, 11) is 0. The van der Waals surface area contributed by atoms with Crippen LogP contribution in [0.5, 0.6) is 23.0 Å². The van der Waals surface area contributed by atoms with Crippen molar-refractivity contribution >= 4 is 11.9 Å². The van der Waals surface area contributed by atoms with Gasteiger partial charge in [-0.25, -0.2) is 35.9 Å². The van der Waals surface area contributed by atoms with Crippen LogP contribution in [0.1, 0.15) is 20.7 Å². The maximum atomic E-state index is 13.7. The Hall–Kier alpha value is -5.08. The van der Waals surface area contributed by atoms with E-state index < -0.39 is 81.6 Å². The van der Waals surface area contributed by atoms with Gasteiger partial charge in [0.25, 0.3) is 0 Å². The highest BCUT2D eigenvalue weighted by Gasteiger charge is 2.30. The first-order chi connectivity index (χ1) is 19.3. The average Bonchev–Trinajstić information content (AvgIpc) is 2.98. The Bertz CT molecular complexity index is 1510. The lowest BCUT2D eigenvalue weighted by Crippen LogP contribution is -2.13. The molecule has 5 nitrogen and oxygen atoms in total. The highest BCUT2D eigenvalue weighted by atomic mass is 19.2. The third kappa shape index (κ3) is 5.50. The summed E-state index contributed by atoms with van der Waals surface area (Å²) in [6, 6.07) is 8.61. The molecular weight excluding hydrogens is 582 g/mol. The Balaban J connectivity index is 1.43. The first-order valence-electron chi connectivity index (χ1n) is 10.7. The molecule has 0 aromatic heterocycles. The molecule has 0 unspecified atom stereocenters. The van der Waals surface area contributed by atoms with Crippen LogP contribution in [-0.4, -0.2) is 11.9 Å². The number of halogens is 10. The van der Waals surface area contributed by atoms with E-state index in [9.17, 15) is 53.5 Å². The minimum absolute atomic E-state index is 0.0227. The van der Waals surface area contributed by atoms with Gasteiger partial charge in [0.1, 0.15) is 11.5 Å². The van der Waals surface area contributed by atoms with Gasteiger partial charge in [-0.2, -0.15) is 17.6 Å². The molecule has 41 heavy (non-hydrogen) atoms. The smallest absolute Gasteiger partial charge is 0.343 e. The van der Waals surface area contributed by atoms with Gasteiger partial charge in [-0.3, -0.25) is 0 Å². The molecule has 0 bridgehead atoms. The van der Waals surface area contributed by atoms with Crippen LogP contribution in [0.2, 0.25) is 0 Å². The fraction of sp³-hybridized carbons (Fsp3) is 0. The summed E-state index contributed by atoms with van der Waals surface area (Å²) in [6.07, 6.45) is 0. The zero-order valence-electron chi connectivity index (χ0n) is 19.4. The average molecular weight is 590 g/mol. The molecule has 0 radical (unpaired) electrons. The molecule has 0 fully saturated rings. The van der Waals surface area contributed by atoms with E-state index in [-0.39, 0.29) is 22.6 Å². The molecule has 4 rings (SSSR count). The second-order valence-electron chi connectivity index (χ2n) is 7.73. The monoisotopic (exact) mass is 590 g/mol. The molecule has 4 aromatic carbocycles. The van der Waals surface area contributed by atoms with E-state index in [4.69, 9.17) is 4.74 Å². The van der Waals surface area contributed by atoms with Crippen molar-refractivity contribution in [1.82, 2.24) is 0 Å². The van der Waals surface area contributed by atoms with Crippen LogP contribution in [0.4, 0.5) is 43.9 Å². The second-order valence-corrected chi connectivity index (χ2v) is 7.73. The van der Waals surface area contributed by atoms with Crippen molar-refractivity contribution in [2.24, 2.45) is 0 Å². The van der Waals surface area contributed by atoms with Crippen LogP contribution in [-0.2, 0) is 0 Å². The van der Waals surface area contributed by atoms with Crippen molar-refractivity contribution in [1.29, 1.82) is 0 Å². The number of esters is 2. The number of ether oxygens (including phenoxy) is 3. The molecule has 0 spiro atoms. The van der Waals surface area contributed by atoms with Crippen LogP contribution >= 0.6 is 0 Å². The lowest BCUT2D eigenvalue weighted by atomic mass is 10.2. The van der Waals surface area contributed by atoms with Crippen molar-refractivity contribution in [3.05, 3.63) is 118 Å². The van der Waals surface area contributed by atoms with Crippen molar-refractivity contribution in [2.45, 2.75) is 0 Å². The van der Waals surface area contributed by atoms with Crippen LogP contribution < -0.4 is 14.2 Å². The predicted molar refractivity (Wildman–Crippen MR) is 115 cm³/mol. The molecule has 0 N–H and O–H groups in total. The lowest BCUT2D eigenvalue weighted by molar-refractivity contribution is 0.0707. The zero-order chi connectivity index (χ0) is 30.2. The predicted octanol–water partition coefficient (Wildman–Crippen LogP) is 7.31. The maximum absolute atomic E-state index is 13.7. The molecular formula is C26H8F10O5. The first-order valence-corrected chi connectivity index (χ1v) is 10.7. The van der Waals surface area contributed by atoms with Gasteiger partial charge >= 0.3 is 11.9 Å². The number of benzene rings is 4. The highest BCUT2D eigenvalue weighted by molar-refractivity contribution is 5.92. The molecule has 15 heteroatoms. The quantitative estimate of drug-likeness (QED) is 0.0776. The SMILES string of the molecule is O=C(Oc1c(F)c(F)c(F)c(F)c1F)c1ccc(Oc2ccc(C(=O)Oc3c(F)c(F)c(F)c(F)c3F)cc2)cc1. The molecule has 0 aliphatic carbocycles. The Kier molecular flexibility index (Phi) is 7.89. The maximum Gasteiger partial charge on any atom is 0.343 e. The van der Waals surface area contributed by atoms with Gasteiger partial charge in [-0.05, 0) is 48.5 Å². The van der Waals surface area contributed by atoms with Crippen molar-refractivity contribution in [3.63, 3.8) is 0 Å². The summed E-state index contributed by atoms with van der Waals surface area (Å²) < 4.78 is 148.